The zero-order valence-electron chi connectivity index (χ0n) is 18.2. The maximum absolute atomic E-state index is 14.0. The van der Waals surface area contributed by atoms with Crippen molar-refractivity contribution in [3.05, 3.63) is 52.8 Å². The Labute approximate surface area is 196 Å². The van der Waals surface area contributed by atoms with Gasteiger partial charge in [0.15, 0.2) is 5.13 Å². The third-order valence-corrected chi connectivity index (χ3v) is 7.62. The normalized spacial score (nSPS) is 12.3. The lowest BCUT2D eigenvalue weighted by molar-refractivity contribution is 0.102. The molecule has 0 radical (unpaired) electrons. The van der Waals surface area contributed by atoms with E-state index in [0.29, 0.717) is 23.3 Å². The summed E-state index contributed by atoms with van der Waals surface area (Å²) in [5.74, 6) is -1.09. The molecule has 2 aromatic carbocycles. The van der Waals surface area contributed by atoms with Crippen molar-refractivity contribution in [1.29, 1.82) is 0 Å². The number of rotatable bonds is 8. The molecule has 0 bridgehead atoms. The summed E-state index contributed by atoms with van der Waals surface area (Å²) in [6.45, 7) is 8.76. The highest BCUT2D eigenvalue weighted by Crippen LogP contribution is 2.30. The number of thiazole rings is 1. The van der Waals surface area contributed by atoms with Crippen LogP contribution in [-0.4, -0.2) is 36.7 Å². The van der Waals surface area contributed by atoms with Crippen molar-refractivity contribution in [2.45, 2.75) is 32.6 Å². The summed E-state index contributed by atoms with van der Waals surface area (Å²) in [7, 11) is -3.69. The van der Waals surface area contributed by atoms with Crippen LogP contribution in [0.5, 0.6) is 0 Å². The molecule has 0 aliphatic carbocycles. The largest absolute Gasteiger partial charge is 0.298 e. The first kappa shape index (κ1) is 24.6. The fourth-order valence-corrected chi connectivity index (χ4v) is 6.24. The molecule has 0 spiro atoms. The Morgan fingerprint density at radius 3 is 2.41 bits per heavy atom. The van der Waals surface area contributed by atoms with E-state index in [9.17, 15) is 17.6 Å². The second-order valence-electron chi connectivity index (χ2n) is 8.31. The lowest BCUT2D eigenvalue weighted by atomic mass is 10.2. The molecule has 3 aromatic rings. The molecule has 6 nitrogen and oxygen atoms in total. The molecule has 0 aliphatic rings. The van der Waals surface area contributed by atoms with Crippen molar-refractivity contribution >= 4 is 54.2 Å². The first-order valence-corrected chi connectivity index (χ1v) is 12.8. The van der Waals surface area contributed by atoms with E-state index in [1.54, 1.807) is 12.1 Å². The molecule has 172 valence electrons. The van der Waals surface area contributed by atoms with Crippen molar-refractivity contribution in [1.82, 2.24) is 9.29 Å². The second-order valence-corrected chi connectivity index (χ2v) is 11.7. The van der Waals surface area contributed by atoms with Crippen LogP contribution in [-0.2, 0) is 10.0 Å². The Bertz CT molecular complexity index is 1210. The summed E-state index contributed by atoms with van der Waals surface area (Å²) in [5.41, 5.74) is 0.262. The van der Waals surface area contributed by atoms with Crippen LogP contribution in [0.4, 0.5) is 9.52 Å². The van der Waals surface area contributed by atoms with E-state index >= 15 is 0 Å². The van der Waals surface area contributed by atoms with E-state index < -0.39 is 21.7 Å². The summed E-state index contributed by atoms with van der Waals surface area (Å²) < 4.78 is 42.7. The maximum Gasteiger partial charge on any atom is 0.261 e. The number of carbonyl (C=O) groups is 1. The van der Waals surface area contributed by atoms with Crippen LogP contribution in [0.15, 0.2) is 41.3 Å². The van der Waals surface area contributed by atoms with Gasteiger partial charge in [0.05, 0.1) is 25.7 Å². The third-order valence-electron chi connectivity index (χ3n) is 4.55. The number of hydrogen-bond donors (Lipinski definition) is 1. The predicted molar refractivity (Wildman–Crippen MR) is 127 cm³/mol. The third kappa shape index (κ3) is 5.46. The van der Waals surface area contributed by atoms with Gasteiger partial charge in [0.2, 0.25) is 10.0 Å². The first-order chi connectivity index (χ1) is 15.0. The van der Waals surface area contributed by atoms with Crippen LogP contribution >= 0.6 is 22.9 Å². The van der Waals surface area contributed by atoms with Gasteiger partial charge in [-0.15, -0.1) is 0 Å². The van der Waals surface area contributed by atoms with Gasteiger partial charge < -0.3 is 0 Å². The zero-order valence-corrected chi connectivity index (χ0v) is 20.6. The van der Waals surface area contributed by atoms with E-state index in [1.165, 1.54) is 22.5 Å². The Balaban J connectivity index is 1.91. The molecular weight excluding hydrogens is 473 g/mol. The number of aromatic nitrogens is 1. The Morgan fingerprint density at radius 1 is 1.16 bits per heavy atom. The fourth-order valence-electron chi connectivity index (χ4n) is 3.23. The SMILES string of the molecule is CC(C)CN(CC(C)C)S(=O)(=O)c1ccc2nc(NC(=O)c3c(F)cccc3Cl)sc2c1. The minimum atomic E-state index is -3.69. The standard InChI is InChI=1S/C22H25ClFN3O3S2/c1-13(2)11-27(12-14(3)4)32(29,30)15-8-9-18-19(10-15)31-22(25-18)26-21(28)20-16(23)6-5-7-17(20)24/h5-10,13-14H,11-12H2,1-4H3,(H,25,26,28). The minimum Gasteiger partial charge on any atom is -0.298 e. The van der Waals surface area contributed by atoms with Gasteiger partial charge in [0, 0.05) is 13.1 Å². The molecule has 0 atom stereocenters. The Morgan fingerprint density at radius 2 is 1.81 bits per heavy atom. The summed E-state index contributed by atoms with van der Waals surface area (Å²) >= 11 is 7.06. The van der Waals surface area contributed by atoms with Crippen molar-refractivity contribution < 1.29 is 17.6 Å². The number of anilines is 1. The smallest absolute Gasteiger partial charge is 0.261 e. The van der Waals surface area contributed by atoms with E-state index in [4.69, 9.17) is 11.6 Å². The van der Waals surface area contributed by atoms with Gasteiger partial charge in [-0.3, -0.25) is 10.1 Å². The molecule has 1 amide bonds. The molecule has 1 N–H and O–H groups in total. The Kier molecular flexibility index (Phi) is 7.54. The van der Waals surface area contributed by atoms with Gasteiger partial charge in [-0.05, 0) is 42.2 Å². The zero-order chi connectivity index (χ0) is 23.6. The van der Waals surface area contributed by atoms with Crippen molar-refractivity contribution in [2.75, 3.05) is 18.4 Å². The molecule has 3 rings (SSSR count). The monoisotopic (exact) mass is 497 g/mol. The van der Waals surface area contributed by atoms with Crippen LogP contribution in [0.25, 0.3) is 10.2 Å². The number of hydrogen-bond acceptors (Lipinski definition) is 5. The van der Waals surface area contributed by atoms with E-state index in [2.05, 4.69) is 10.3 Å². The quantitative estimate of drug-likeness (QED) is 0.436. The number of nitrogens with one attached hydrogen (secondary N) is 1. The molecule has 1 heterocycles. The average Bonchev–Trinajstić information content (AvgIpc) is 3.07. The van der Waals surface area contributed by atoms with Crippen molar-refractivity contribution in [2.24, 2.45) is 11.8 Å². The second kappa shape index (κ2) is 9.82. The highest BCUT2D eigenvalue weighted by Gasteiger charge is 2.26. The molecule has 1 aromatic heterocycles. The van der Waals surface area contributed by atoms with Gasteiger partial charge in [0.25, 0.3) is 5.91 Å². The van der Waals surface area contributed by atoms with E-state index in [1.807, 2.05) is 27.7 Å². The summed E-state index contributed by atoms with van der Waals surface area (Å²) in [4.78, 5) is 17.0. The first-order valence-electron chi connectivity index (χ1n) is 10.1. The summed E-state index contributed by atoms with van der Waals surface area (Å²) in [6, 6.07) is 8.67. The molecule has 0 fully saturated rings. The van der Waals surface area contributed by atoms with E-state index in [0.717, 1.165) is 17.4 Å². The summed E-state index contributed by atoms with van der Waals surface area (Å²) in [6.07, 6.45) is 0. The molecule has 0 saturated heterocycles. The van der Waals surface area contributed by atoms with Gasteiger partial charge >= 0.3 is 0 Å². The summed E-state index contributed by atoms with van der Waals surface area (Å²) in [5, 5.41) is 2.76. The number of fused-ring (bicyclic) bond motifs is 1. The molecular formula is C22H25ClFN3O3S2. The molecule has 0 aliphatic heterocycles. The van der Waals surface area contributed by atoms with Crippen molar-refractivity contribution in [3.8, 4) is 0 Å². The molecule has 0 saturated carbocycles. The van der Waals surface area contributed by atoms with Crippen LogP contribution in [0.3, 0.4) is 0 Å². The van der Waals surface area contributed by atoms with Gasteiger partial charge in [0.1, 0.15) is 5.82 Å². The number of carbonyl (C=O) groups excluding carboxylic acids is 1. The number of benzene rings is 2. The predicted octanol–water partition coefficient (Wildman–Crippen LogP) is 5.64. The van der Waals surface area contributed by atoms with Crippen LogP contribution in [0.1, 0.15) is 38.1 Å². The Hall–Kier alpha value is -2.07. The lowest BCUT2D eigenvalue weighted by Gasteiger charge is -2.25. The van der Waals surface area contributed by atoms with Crippen LogP contribution < -0.4 is 5.32 Å². The van der Waals surface area contributed by atoms with Gasteiger partial charge in [-0.1, -0.05) is 56.7 Å². The van der Waals surface area contributed by atoms with Gasteiger partial charge in [-0.25, -0.2) is 17.8 Å². The molecule has 32 heavy (non-hydrogen) atoms. The fraction of sp³-hybridized carbons (Fsp3) is 0.364. The van der Waals surface area contributed by atoms with Gasteiger partial charge in [-0.2, -0.15) is 4.31 Å². The van der Waals surface area contributed by atoms with Crippen LogP contribution in [0.2, 0.25) is 5.02 Å². The molecule has 10 heteroatoms. The topological polar surface area (TPSA) is 79.4 Å². The number of nitrogens with zero attached hydrogens (tertiary/aromatic N) is 2. The average molecular weight is 498 g/mol. The highest BCUT2D eigenvalue weighted by molar-refractivity contribution is 7.89. The highest BCUT2D eigenvalue weighted by atomic mass is 35.5. The van der Waals surface area contributed by atoms with Crippen LogP contribution in [0, 0.1) is 17.7 Å². The number of sulfonamides is 1. The number of halogens is 2. The molecule has 0 unspecified atom stereocenters. The minimum absolute atomic E-state index is 0.00705. The lowest BCUT2D eigenvalue weighted by Crippen LogP contribution is -2.37. The van der Waals surface area contributed by atoms with E-state index in [-0.39, 0.29) is 32.4 Å². The van der Waals surface area contributed by atoms with Crippen molar-refractivity contribution in [3.63, 3.8) is 0 Å². The maximum atomic E-state index is 14.0. The number of amides is 1.